The number of benzene rings is 1. The zero-order valence-corrected chi connectivity index (χ0v) is 26.0. The Morgan fingerprint density at radius 3 is 2.26 bits per heavy atom. The summed E-state index contributed by atoms with van der Waals surface area (Å²) < 4.78 is 0. The van der Waals surface area contributed by atoms with Gasteiger partial charge in [-0.3, -0.25) is 0 Å². The fraction of sp³-hybridized carbons (Fsp3) is 0.406. The fourth-order valence-electron chi connectivity index (χ4n) is 2.95. The van der Waals surface area contributed by atoms with Crippen molar-refractivity contribution < 1.29 is 5.11 Å². The van der Waals surface area contributed by atoms with Gasteiger partial charge in [-0.05, 0) is 56.2 Å². The molecule has 0 aliphatic heterocycles. The Hall–Kier alpha value is -2.69. The van der Waals surface area contributed by atoms with E-state index < -0.39 is 0 Å². The number of rotatable bonds is 14. The van der Waals surface area contributed by atoms with Crippen molar-refractivity contribution >= 4 is 29.0 Å². The number of aliphatic hydroxyl groups excluding tert-OH is 1. The fourth-order valence-corrected chi connectivity index (χ4v) is 3.53. The van der Waals surface area contributed by atoms with Crippen molar-refractivity contribution in [2.24, 2.45) is 4.99 Å². The third-order valence-corrected chi connectivity index (χ3v) is 5.25. The molecule has 6 heteroatoms. The summed E-state index contributed by atoms with van der Waals surface area (Å²) in [6.45, 7) is 18.9. The van der Waals surface area contributed by atoms with Crippen molar-refractivity contribution in [3.63, 3.8) is 0 Å². The molecule has 0 bridgehead atoms. The topological polar surface area (TPSA) is 56.7 Å². The quantitative estimate of drug-likeness (QED) is 0.0695. The molecule has 0 spiro atoms. The lowest BCUT2D eigenvalue weighted by molar-refractivity contribution is 0.424. The number of hydrogen-bond acceptors (Lipinski definition) is 3. The molecule has 1 aromatic carbocycles. The molecule has 0 saturated heterocycles. The van der Waals surface area contributed by atoms with E-state index in [0.29, 0.717) is 33.6 Å². The Bertz CT molecular complexity index is 937. The first-order valence-corrected chi connectivity index (χ1v) is 14.4. The van der Waals surface area contributed by atoms with Crippen LogP contribution >= 0.6 is 23.2 Å². The minimum Gasteiger partial charge on any atom is -0.508 e. The van der Waals surface area contributed by atoms with Crippen LogP contribution in [0.25, 0.3) is 0 Å². The maximum atomic E-state index is 10.2. The lowest BCUT2D eigenvalue weighted by atomic mass is 10.1. The first kappa shape index (κ1) is 37.5. The van der Waals surface area contributed by atoms with Gasteiger partial charge < -0.3 is 15.7 Å². The third-order valence-electron chi connectivity index (χ3n) is 4.62. The third kappa shape index (κ3) is 16.9. The van der Waals surface area contributed by atoms with E-state index in [9.17, 15) is 5.11 Å². The molecule has 0 aliphatic carbocycles. The van der Waals surface area contributed by atoms with Crippen LogP contribution in [0.3, 0.4) is 0 Å². The van der Waals surface area contributed by atoms with Gasteiger partial charge in [0.1, 0.15) is 11.6 Å². The first-order valence-electron chi connectivity index (χ1n) is 13.7. The monoisotopic (exact) mass is 561 g/mol. The Labute approximate surface area is 242 Å². The molecule has 0 fully saturated rings. The molecule has 1 aromatic rings. The van der Waals surface area contributed by atoms with Gasteiger partial charge in [0.15, 0.2) is 0 Å². The van der Waals surface area contributed by atoms with Gasteiger partial charge in [0, 0.05) is 24.9 Å². The molecule has 0 unspecified atom stereocenters. The van der Waals surface area contributed by atoms with Gasteiger partial charge in [-0.2, -0.15) is 0 Å². The second-order valence-electron chi connectivity index (χ2n) is 7.50. The molecule has 1 rings (SSSR count). The number of halogens is 2. The average molecular weight is 563 g/mol. The SMILES string of the molecule is C=C(C/C=C/N=C(N/C=C/CC)c1c(Cl)cccc1Cl)NCC/C=C/C(O)=C(\C=C/C)CCC.CC.CC. The molecule has 3 N–H and O–H groups in total. The highest BCUT2D eigenvalue weighted by Crippen LogP contribution is 2.24. The van der Waals surface area contributed by atoms with E-state index in [4.69, 9.17) is 23.2 Å². The number of hydrogen-bond donors (Lipinski definition) is 3. The largest absolute Gasteiger partial charge is 0.508 e. The van der Waals surface area contributed by atoms with Crippen molar-refractivity contribution in [3.05, 3.63) is 106 Å². The molecule has 0 heterocycles. The molecule has 212 valence electrons. The van der Waals surface area contributed by atoms with Crippen LogP contribution in [0.15, 0.2) is 95.7 Å². The highest BCUT2D eigenvalue weighted by Gasteiger charge is 2.11. The summed E-state index contributed by atoms with van der Waals surface area (Å²) >= 11 is 12.7. The first-order chi connectivity index (χ1) is 18.4. The Balaban J connectivity index is 0. The van der Waals surface area contributed by atoms with Crippen LogP contribution in [0, 0.1) is 0 Å². The summed E-state index contributed by atoms with van der Waals surface area (Å²) in [6, 6.07) is 5.38. The normalized spacial score (nSPS) is 12.3. The van der Waals surface area contributed by atoms with Crippen LogP contribution in [0.4, 0.5) is 0 Å². The van der Waals surface area contributed by atoms with E-state index in [-0.39, 0.29) is 0 Å². The van der Waals surface area contributed by atoms with E-state index in [1.54, 1.807) is 30.5 Å². The smallest absolute Gasteiger partial charge is 0.140 e. The molecular weight excluding hydrogens is 513 g/mol. The van der Waals surface area contributed by atoms with Gasteiger partial charge in [-0.1, -0.05) is 114 Å². The Morgan fingerprint density at radius 2 is 1.68 bits per heavy atom. The van der Waals surface area contributed by atoms with E-state index >= 15 is 0 Å². The van der Waals surface area contributed by atoms with Crippen LogP contribution in [-0.4, -0.2) is 17.5 Å². The number of amidine groups is 1. The highest BCUT2D eigenvalue weighted by atomic mass is 35.5. The number of nitrogens with zero attached hydrogens (tertiary/aromatic N) is 1. The maximum Gasteiger partial charge on any atom is 0.140 e. The van der Waals surface area contributed by atoms with Crippen LogP contribution in [0.2, 0.25) is 10.0 Å². The predicted octanol–water partition coefficient (Wildman–Crippen LogP) is 10.4. The van der Waals surface area contributed by atoms with Gasteiger partial charge in [0.25, 0.3) is 0 Å². The number of aliphatic hydroxyl groups is 1. The van der Waals surface area contributed by atoms with Crippen LogP contribution in [-0.2, 0) is 0 Å². The molecule has 0 saturated carbocycles. The zero-order valence-electron chi connectivity index (χ0n) is 24.5. The van der Waals surface area contributed by atoms with Crippen LogP contribution in [0.5, 0.6) is 0 Å². The van der Waals surface area contributed by atoms with Gasteiger partial charge >= 0.3 is 0 Å². The van der Waals surface area contributed by atoms with Crippen molar-refractivity contribution in [2.75, 3.05) is 6.54 Å². The second-order valence-corrected chi connectivity index (χ2v) is 8.31. The van der Waals surface area contributed by atoms with Gasteiger partial charge in [-0.15, -0.1) is 0 Å². The number of allylic oxidation sites excluding steroid dienone is 6. The lowest BCUT2D eigenvalue weighted by Crippen LogP contribution is -2.19. The highest BCUT2D eigenvalue weighted by molar-refractivity contribution is 6.40. The molecule has 0 aromatic heterocycles. The van der Waals surface area contributed by atoms with E-state index in [2.05, 4.69) is 36.1 Å². The lowest BCUT2D eigenvalue weighted by Gasteiger charge is -2.10. The average Bonchev–Trinajstić information content (AvgIpc) is 2.92. The van der Waals surface area contributed by atoms with Crippen LogP contribution < -0.4 is 10.6 Å². The maximum absolute atomic E-state index is 10.2. The summed E-state index contributed by atoms with van der Waals surface area (Å²) in [5, 5.41) is 17.7. The minimum atomic E-state index is 0.330. The van der Waals surface area contributed by atoms with Gasteiger partial charge in [-0.25, -0.2) is 4.99 Å². The summed E-state index contributed by atoms with van der Waals surface area (Å²) in [7, 11) is 0. The van der Waals surface area contributed by atoms with Gasteiger partial charge in [0.2, 0.25) is 0 Å². The molecular formula is C32H49Cl2N3O. The summed E-state index contributed by atoms with van der Waals surface area (Å²) in [6.07, 6.45) is 19.3. The van der Waals surface area contributed by atoms with Crippen molar-refractivity contribution in [1.82, 2.24) is 10.6 Å². The molecule has 38 heavy (non-hydrogen) atoms. The van der Waals surface area contributed by atoms with E-state index in [1.165, 1.54) is 0 Å². The molecule has 4 nitrogen and oxygen atoms in total. The molecule has 0 atom stereocenters. The van der Waals surface area contributed by atoms with Crippen molar-refractivity contribution in [3.8, 4) is 0 Å². The van der Waals surface area contributed by atoms with Crippen molar-refractivity contribution in [1.29, 1.82) is 0 Å². The molecule has 0 radical (unpaired) electrons. The Morgan fingerprint density at radius 1 is 1.03 bits per heavy atom. The standard InChI is InChI=1S/C28H37Cl2N3O.2C2H6/c1-5-8-19-32-28(27-24(29)16-11-17-25(27)30)33-21-12-15-22(4)31-20-10-9-18-26(34)23(13-6-2)14-7-3;2*1-2/h6,8-9,11-13,16-19,21,31,34H,4-5,7,10,14-15,20H2,1-3H3,(H,32,33);2*1-2H3/b13-6-,18-9+,19-8+,21-12+,26-23-;;. The zero-order chi connectivity index (χ0) is 29.2. The van der Waals surface area contributed by atoms with E-state index in [1.807, 2.05) is 71.2 Å². The number of nitrogens with one attached hydrogen (secondary N) is 2. The molecule has 0 amide bonds. The summed E-state index contributed by atoms with van der Waals surface area (Å²) in [5.74, 6) is 0.907. The minimum absolute atomic E-state index is 0.330. The van der Waals surface area contributed by atoms with Crippen LogP contribution in [0.1, 0.15) is 86.1 Å². The predicted molar refractivity (Wildman–Crippen MR) is 172 cm³/mol. The molecule has 0 aliphatic rings. The summed E-state index contributed by atoms with van der Waals surface area (Å²) in [4.78, 5) is 4.52. The van der Waals surface area contributed by atoms with Crippen molar-refractivity contribution in [2.45, 2.75) is 80.6 Å². The second kappa shape index (κ2) is 25.9. The number of aliphatic imine (C=N–C) groups is 1. The Kier molecular flexibility index (Phi) is 25.6. The van der Waals surface area contributed by atoms with E-state index in [0.717, 1.165) is 43.5 Å². The van der Waals surface area contributed by atoms with Gasteiger partial charge in [0.05, 0.1) is 15.6 Å². The summed E-state index contributed by atoms with van der Waals surface area (Å²) in [5.41, 5.74) is 2.51.